The topological polar surface area (TPSA) is 92.2 Å². The van der Waals surface area contributed by atoms with E-state index in [-0.39, 0.29) is 32.9 Å². The van der Waals surface area contributed by atoms with Crippen molar-refractivity contribution in [2.45, 2.75) is 6.92 Å². The number of anilines is 1. The van der Waals surface area contributed by atoms with E-state index in [1.54, 1.807) is 24.3 Å². The minimum Gasteiger partial charge on any atom is -0.478 e. The van der Waals surface area contributed by atoms with Crippen LogP contribution in [0.5, 0.6) is 0 Å². The SMILES string of the molecule is Cc1ccc(-c2scc(NC(=O)c3cnc4ccccc4n3)c2C(=O)O)c(F)c1F. The van der Waals surface area contributed by atoms with E-state index in [9.17, 15) is 23.5 Å². The van der Waals surface area contributed by atoms with Gasteiger partial charge in [0.1, 0.15) is 11.3 Å². The highest BCUT2D eigenvalue weighted by Gasteiger charge is 2.25. The van der Waals surface area contributed by atoms with E-state index >= 15 is 0 Å². The highest BCUT2D eigenvalue weighted by molar-refractivity contribution is 7.14. The van der Waals surface area contributed by atoms with Crippen molar-refractivity contribution in [1.29, 1.82) is 0 Å². The molecule has 0 fully saturated rings. The van der Waals surface area contributed by atoms with E-state index in [1.807, 2.05) is 0 Å². The van der Waals surface area contributed by atoms with Gasteiger partial charge in [0.15, 0.2) is 11.6 Å². The molecule has 4 rings (SSSR count). The van der Waals surface area contributed by atoms with Crippen molar-refractivity contribution in [1.82, 2.24) is 9.97 Å². The van der Waals surface area contributed by atoms with Gasteiger partial charge in [-0.25, -0.2) is 18.6 Å². The zero-order valence-electron chi connectivity index (χ0n) is 15.4. The van der Waals surface area contributed by atoms with Crippen LogP contribution >= 0.6 is 11.3 Å². The number of fused-ring (bicyclic) bond motifs is 1. The van der Waals surface area contributed by atoms with Crippen molar-refractivity contribution < 1.29 is 23.5 Å². The molecule has 2 N–H and O–H groups in total. The fourth-order valence-corrected chi connectivity index (χ4v) is 3.95. The number of aromatic carboxylic acids is 1. The van der Waals surface area contributed by atoms with Crippen molar-refractivity contribution in [2.24, 2.45) is 0 Å². The summed E-state index contributed by atoms with van der Waals surface area (Å²) in [6.07, 6.45) is 1.28. The highest BCUT2D eigenvalue weighted by Crippen LogP contribution is 2.38. The largest absolute Gasteiger partial charge is 0.478 e. The average molecular weight is 425 g/mol. The van der Waals surface area contributed by atoms with Gasteiger partial charge < -0.3 is 10.4 Å². The molecule has 0 saturated carbocycles. The number of carbonyl (C=O) groups is 2. The summed E-state index contributed by atoms with van der Waals surface area (Å²) in [5.41, 5.74) is 0.652. The summed E-state index contributed by atoms with van der Waals surface area (Å²) in [4.78, 5) is 32.8. The molecule has 9 heteroatoms. The van der Waals surface area contributed by atoms with Gasteiger partial charge in [-0.3, -0.25) is 9.78 Å². The number of amides is 1. The van der Waals surface area contributed by atoms with E-state index in [2.05, 4.69) is 15.3 Å². The van der Waals surface area contributed by atoms with Crippen LogP contribution in [-0.2, 0) is 0 Å². The molecule has 0 aliphatic carbocycles. The Morgan fingerprint density at radius 2 is 1.80 bits per heavy atom. The Morgan fingerprint density at radius 1 is 1.07 bits per heavy atom. The number of hydrogen-bond donors (Lipinski definition) is 2. The third kappa shape index (κ3) is 3.39. The zero-order valence-corrected chi connectivity index (χ0v) is 16.3. The molecular formula is C21H13F2N3O3S. The van der Waals surface area contributed by atoms with Gasteiger partial charge in [-0.05, 0) is 24.6 Å². The van der Waals surface area contributed by atoms with Gasteiger partial charge in [0.05, 0.1) is 27.8 Å². The Kier molecular flexibility index (Phi) is 4.96. The molecule has 0 radical (unpaired) electrons. The van der Waals surface area contributed by atoms with Gasteiger partial charge in [-0.1, -0.05) is 24.3 Å². The lowest BCUT2D eigenvalue weighted by Crippen LogP contribution is -2.16. The van der Waals surface area contributed by atoms with E-state index in [0.717, 1.165) is 11.3 Å². The second-order valence-electron chi connectivity index (χ2n) is 6.41. The van der Waals surface area contributed by atoms with Crippen LogP contribution in [0.3, 0.4) is 0 Å². The van der Waals surface area contributed by atoms with Crippen LogP contribution in [0, 0.1) is 18.6 Å². The number of aryl methyl sites for hydroxylation is 1. The number of rotatable bonds is 4. The molecule has 2 aromatic heterocycles. The lowest BCUT2D eigenvalue weighted by atomic mass is 10.1. The van der Waals surface area contributed by atoms with Crippen LogP contribution in [0.15, 0.2) is 48.0 Å². The van der Waals surface area contributed by atoms with E-state index < -0.39 is 23.5 Å². The second-order valence-corrected chi connectivity index (χ2v) is 7.29. The van der Waals surface area contributed by atoms with Gasteiger partial charge in [0.25, 0.3) is 5.91 Å². The van der Waals surface area contributed by atoms with E-state index in [4.69, 9.17) is 0 Å². The van der Waals surface area contributed by atoms with Crippen LogP contribution in [0.4, 0.5) is 14.5 Å². The van der Waals surface area contributed by atoms with Gasteiger partial charge in [-0.2, -0.15) is 0 Å². The first-order valence-corrected chi connectivity index (χ1v) is 9.57. The first kappa shape index (κ1) is 19.6. The third-order valence-electron chi connectivity index (χ3n) is 4.45. The molecular weight excluding hydrogens is 412 g/mol. The number of halogens is 2. The van der Waals surface area contributed by atoms with Crippen LogP contribution in [0.1, 0.15) is 26.4 Å². The van der Waals surface area contributed by atoms with Crippen LogP contribution in [0.2, 0.25) is 0 Å². The molecule has 0 atom stereocenters. The Hall–Kier alpha value is -3.72. The molecule has 1 amide bonds. The maximum absolute atomic E-state index is 14.4. The molecule has 0 aliphatic rings. The van der Waals surface area contributed by atoms with Crippen LogP contribution in [0.25, 0.3) is 21.5 Å². The average Bonchev–Trinajstić information content (AvgIpc) is 3.15. The van der Waals surface area contributed by atoms with Crippen LogP contribution < -0.4 is 5.32 Å². The standard InChI is InChI=1S/C21H13F2N3O3S/c1-10-6-7-11(18(23)17(10)22)19-16(21(28)29)15(9-30-19)26-20(27)14-8-24-12-4-2-3-5-13(12)25-14/h2-9H,1H3,(H,26,27)(H,28,29). The van der Waals surface area contributed by atoms with Crippen molar-refractivity contribution in [3.63, 3.8) is 0 Å². The Bertz CT molecular complexity index is 1320. The number of nitrogens with one attached hydrogen (secondary N) is 1. The molecule has 0 spiro atoms. The zero-order chi connectivity index (χ0) is 21.4. The van der Waals surface area contributed by atoms with Crippen LogP contribution in [-0.4, -0.2) is 27.0 Å². The molecule has 30 heavy (non-hydrogen) atoms. The maximum atomic E-state index is 14.4. The molecule has 2 heterocycles. The summed E-state index contributed by atoms with van der Waals surface area (Å²) in [7, 11) is 0. The third-order valence-corrected chi connectivity index (χ3v) is 5.47. The van der Waals surface area contributed by atoms with Gasteiger partial charge in [-0.15, -0.1) is 11.3 Å². The smallest absolute Gasteiger partial charge is 0.339 e. The molecule has 0 saturated heterocycles. The fraction of sp³-hybridized carbons (Fsp3) is 0.0476. The molecule has 150 valence electrons. The summed E-state index contributed by atoms with van der Waals surface area (Å²) in [6, 6.07) is 9.65. The number of para-hydroxylation sites is 2. The number of thiophene rings is 1. The summed E-state index contributed by atoms with van der Waals surface area (Å²) < 4.78 is 28.4. The number of benzene rings is 2. The maximum Gasteiger partial charge on any atom is 0.339 e. The summed E-state index contributed by atoms with van der Waals surface area (Å²) in [6.45, 7) is 1.41. The lowest BCUT2D eigenvalue weighted by Gasteiger charge is -2.08. The van der Waals surface area contributed by atoms with Gasteiger partial charge in [0.2, 0.25) is 0 Å². The highest BCUT2D eigenvalue weighted by atomic mass is 32.1. The summed E-state index contributed by atoms with van der Waals surface area (Å²) in [5.74, 6) is -4.24. The number of aromatic nitrogens is 2. The molecule has 0 unspecified atom stereocenters. The number of nitrogens with zero attached hydrogens (tertiary/aromatic N) is 2. The fourth-order valence-electron chi connectivity index (χ4n) is 2.93. The lowest BCUT2D eigenvalue weighted by molar-refractivity contribution is 0.0699. The van der Waals surface area contributed by atoms with Gasteiger partial charge in [0, 0.05) is 10.9 Å². The number of carboxylic acids is 1. The van der Waals surface area contributed by atoms with Crippen molar-refractivity contribution in [3.05, 3.63) is 76.4 Å². The minimum atomic E-state index is -1.38. The predicted molar refractivity (Wildman–Crippen MR) is 109 cm³/mol. The molecule has 0 bridgehead atoms. The summed E-state index contributed by atoms with van der Waals surface area (Å²) >= 11 is 0.888. The van der Waals surface area contributed by atoms with E-state index in [1.165, 1.54) is 30.6 Å². The van der Waals surface area contributed by atoms with Crippen molar-refractivity contribution >= 4 is 39.9 Å². The van der Waals surface area contributed by atoms with E-state index in [0.29, 0.717) is 11.0 Å². The Balaban J connectivity index is 1.72. The number of carboxylic acid groups (broad SMARTS) is 1. The van der Waals surface area contributed by atoms with Crippen molar-refractivity contribution in [3.8, 4) is 10.4 Å². The molecule has 6 nitrogen and oxygen atoms in total. The minimum absolute atomic E-state index is 0.00112. The molecule has 0 aliphatic heterocycles. The van der Waals surface area contributed by atoms with Crippen molar-refractivity contribution in [2.75, 3.05) is 5.32 Å². The quantitative estimate of drug-likeness (QED) is 0.485. The number of hydrogen-bond acceptors (Lipinski definition) is 5. The molecule has 4 aromatic rings. The van der Waals surface area contributed by atoms with Gasteiger partial charge >= 0.3 is 5.97 Å². The summed E-state index contributed by atoms with van der Waals surface area (Å²) in [5, 5.41) is 13.5. The Labute approximate surface area is 172 Å². The molecule has 2 aromatic carbocycles. The predicted octanol–water partition coefficient (Wildman–Crippen LogP) is 4.90. The first-order chi connectivity index (χ1) is 14.4. The number of carbonyl (C=O) groups excluding carboxylic acids is 1. The Morgan fingerprint density at radius 3 is 2.53 bits per heavy atom. The monoisotopic (exact) mass is 425 g/mol. The second kappa shape index (κ2) is 7.60. The normalized spacial score (nSPS) is 10.9. The first-order valence-electron chi connectivity index (χ1n) is 8.69.